The van der Waals surface area contributed by atoms with Gasteiger partial charge in [-0.2, -0.15) is 0 Å². The highest BCUT2D eigenvalue weighted by Crippen LogP contribution is 2.25. The molecule has 0 spiro atoms. The van der Waals surface area contributed by atoms with Crippen LogP contribution in [0.15, 0.2) is 48.5 Å². The van der Waals surface area contributed by atoms with E-state index in [-0.39, 0.29) is 22.7 Å². The molecule has 0 aliphatic rings. The Morgan fingerprint density at radius 2 is 1.67 bits per heavy atom. The van der Waals surface area contributed by atoms with Crippen LogP contribution in [-0.2, 0) is 16.6 Å². The summed E-state index contributed by atoms with van der Waals surface area (Å²) in [5.74, 6) is -0.330. The molecule has 0 radical (unpaired) electrons. The summed E-state index contributed by atoms with van der Waals surface area (Å²) in [6.45, 7) is 6.53. The average molecular weight is 324 g/mol. The van der Waals surface area contributed by atoms with Gasteiger partial charge < -0.3 is 10.2 Å². The molecule has 0 fully saturated rings. The number of carbonyl (C=O) groups excluding carboxylic acids is 1. The third-order valence-electron chi connectivity index (χ3n) is 3.94. The Labute approximate surface area is 143 Å². The third kappa shape index (κ3) is 4.98. The minimum absolute atomic E-state index is 0.0301. The Bertz CT molecular complexity index is 735. The number of benzene rings is 2. The van der Waals surface area contributed by atoms with E-state index in [9.17, 15) is 15.0 Å². The highest BCUT2D eigenvalue weighted by molar-refractivity contribution is 5.93. The first-order chi connectivity index (χ1) is 11.3. The lowest BCUT2D eigenvalue weighted by molar-refractivity contribution is -0.114. The fourth-order valence-electron chi connectivity index (χ4n) is 2.36. The molecule has 2 N–H and O–H groups in total. The standard InChI is InChI=1S/C21H24O3/c1-21(2,3)17-9-4-15(5-10-17)6-11-18(22)12-7-16-8-13-19(23)20(24)14-16/h4-5,7-10,12-14,23-24H,6,11H2,1-3H3/b12-7+. The monoisotopic (exact) mass is 324 g/mol. The van der Waals surface area contributed by atoms with Crippen LogP contribution in [0.1, 0.15) is 43.9 Å². The molecule has 0 atom stereocenters. The summed E-state index contributed by atoms with van der Waals surface area (Å²) >= 11 is 0. The van der Waals surface area contributed by atoms with Crippen molar-refractivity contribution in [2.45, 2.75) is 39.0 Å². The zero-order chi connectivity index (χ0) is 17.7. The fourth-order valence-corrected chi connectivity index (χ4v) is 2.36. The summed E-state index contributed by atoms with van der Waals surface area (Å²) in [7, 11) is 0. The molecule has 0 amide bonds. The maximum absolute atomic E-state index is 12.0. The molecule has 3 heteroatoms. The Balaban J connectivity index is 1.91. The van der Waals surface area contributed by atoms with E-state index >= 15 is 0 Å². The maximum atomic E-state index is 12.0. The van der Waals surface area contributed by atoms with Gasteiger partial charge >= 0.3 is 0 Å². The van der Waals surface area contributed by atoms with Gasteiger partial charge in [-0.15, -0.1) is 0 Å². The third-order valence-corrected chi connectivity index (χ3v) is 3.94. The van der Waals surface area contributed by atoms with Gasteiger partial charge in [-0.3, -0.25) is 4.79 Å². The summed E-state index contributed by atoms with van der Waals surface area (Å²) in [4.78, 5) is 12.0. The Kier molecular flexibility index (Phi) is 5.45. The Morgan fingerprint density at radius 3 is 2.25 bits per heavy atom. The van der Waals surface area contributed by atoms with Crippen LogP contribution >= 0.6 is 0 Å². The van der Waals surface area contributed by atoms with Gasteiger partial charge in [0.15, 0.2) is 17.3 Å². The van der Waals surface area contributed by atoms with E-state index in [2.05, 4.69) is 45.0 Å². The molecule has 0 unspecified atom stereocenters. The SMILES string of the molecule is CC(C)(C)c1ccc(CCC(=O)/C=C/c2ccc(O)c(O)c2)cc1. The van der Waals surface area contributed by atoms with Gasteiger partial charge in [-0.1, -0.05) is 57.2 Å². The molecule has 0 heterocycles. The van der Waals surface area contributed by atoms with Crippen molar-refractivity contribution in [1.29, 1.82) is 0 Å². The number of phenolic OH excluding ortho intramolecular Hbond substituents is 2. The van der Waals surface area contributed by atoms with E-state index in [4.69, 9.17) is 0 Å². The molecule has 3 nitrogen and oxygen atoms in total. The number of hydrogen-bond acceptors (Lipinski definition) is 3. The minimum atomic E-state index is -0.191. The van der Waals surface area contributed by atoms with Crippen molar-refractivity contribution in [2.24, 2.45) is 0 Å². The lowest BCUT2D eigenvalue weighted by Gasteiger charge is -2.19. The second-order valence-electron chi connectivity index (χ2n) is 6.99. The number of rotatable bonds is 5. The minimum Gasteiger partial charge on any atom is -0.504 e. The first-order valence-electron chi connectivity index (χ1n) is 8.08. The van der Waals surface area contributed by atoms with Crippen molar-refractivity contribution in [3.63, 3.8) is 0 Å². The Hall–Kier alpha value is -2.55. The highest BCUT2D eigenvalue weighted by atomic mass is 16.3. The van der Waals surface area contributed by atoms with Crippen LogP contribution in [-0.4, -0.2) is 16.0 Å². The molecule has 126 valence electrons. The molecule has 24 heavy (non-hydrogen) atoms. The molecule has 2 aromatic rings. The Morgan fingerprint density at radius 1 is 1.00 bits per heavy atom. The average Bonchev–Trinajstić information content (AvgIpc) is 2.53. The van der Waals surface area contributed by atoms with Crippen LogP contribution in [0.3, 0.4) is 0 Å². The highest BCUT2D eigenvalue weighted by Gasteiger charge is 2.12. The molecular weight excluding hydrogens is 300 g/mol. The van der Waals surface area contributed by atoms with E-state index < -0.39 is 0 Å². The van der Waals surface area contributed by atoms with Crippen LogP contribution in [0.25, 0.3) is 6.08 Å². The van der Waals surface area contributed by atoms with Crippen LogP contribution in [0.5, 0.6) is 11.5 Å². The number of carbonyl (C=O) groups is 1. The number of phenols is 2. The van der Waals surface area contributed by atoms with Gasteiger partial charge in [0.25, 0.3) is 0 Å². The smallest absolute Gasteiger partial charge is 0.157 e. The lowest BCUT2D eigenvalue weighted by atomic mass is 9.86. The summed E-state index contributed by atoms with van der Waals surface area (Å²) in [5, 5.41) is 18.7. The van der Waals surface area contributed by atoms with Gasteiger partial charge in [0.05, 0.1) is 0 Å². The van der Waals surface area contributed by atoms with Crippen molar-refractivity contribution in [1.82, 2.24) is 0 Å². The number of hydrogen-bond donors (Lipinski definition) is 2. The van der Waals surface area contributed by atoms with Gasteiger partial charge in [-0.25, -0.2) is 0 Å². The van der Waals surface area contributed by atoms with Gasteiger partial charge in [-0.05, 0) is 46.7 Å². The molecule has 0 aliphatic heterocycles. The second-order valence-corrected chi connectivity index (χ2v) is 6.99. The normalized spacial score (nSPS) is 11.8. The molecule has 2 aromatic carbocycles. The van der Waals surface area contributed by atoms with E-state index in [1.54, 1.807) is 12.1 Å². The topological polar surface area (TPSA) is 57.5 Å². The molecule has 2 rings (SSSR count). The van der Waals surface area contributed by atoms with Crippen LogP contribution in [0.4, 0.5) is 0 Å². The van der Waals surface area contributed by atoms with Crippen LogP contribution < -0.4 is 0 Å². The first kappa shape index (κ1) is 17.8. The number of aromatic hydroxyl groups is 2. The predicted molar refractivity (Wildman–Crippen MR) is 97.3 cm³/mol. The lowest BCUT2D eigenvalue weighted by Crippen LogP contribution is -2.10. The van der Waals surface area contributed by atoms with Crippen molar-refractivity contribution in [2.75, 3.05) is 0 Å². The van der Waals surface area contributed by atoms with Crippen molar-refractivity contribution >= 4 is 11.9 Å². The molecule has 0 saturated heterocycles. The van der Waals surface area contributed by atoms with Gasteiger partial charge in [0.2, 0.25) is 0 Å². The first-order valence-corrected chi connectivity index (χ1v) is 8.08. The number of ketones is 1. The number of aryl methyl sites for hydroxylation is 1. The summed E-state index contributed by atoms with van der Waals surface area (Å²) < 4.78 is 0. The van der Waals surface area contributed by atoms with E-state index in [1.165, 1.54) is 23.8 Å². The van der Waals surface area contributed by atoms with Crippen molar-refractivity contribution in [3.8, 4) is 11.5 Å². The zero-order valence-corrected chi connectivity index (χ0v) is 14.4. The van der Waals surface area contributed by atoms with Crippen LogP contribution in [0, 0.1) is 0 Å². The van der Waals surface area contributed by atoms with Gasteiger partial charge in [0, 0.05) is 6.42 Å². The maximum Gasteiger partial charge on any atom is 0.157 e. The fraction of sp³-hybridized carbons (Fsp3) is 0.286. The molecule has 0 aromatic heterocycles. The second kappa shape index (κ2) is 7.35. The summed E-state index contributed by atoms with van der Waals surface area (Å²) in [6, 6.07) is 12.9. The molecular formula is C21H24O3. The number of allylic oxidation sites excluding steroid dienone is 1. The summed E-state index contributed by atoms with van der Waals surface area (Å²) in [5.41, 5.74) is 3.23. The molecule has 0 bridgehead atoms. The molecule has 0 aliphatic carbocycles. The van der Waals surface area contributed by atoms with Crippen molar-refractivity contribution in [3.05, 3.63) is 65.2 Å². The zero-order valence-electron chi connectivity index (χ0n) is 14.4. The predicted octanol–water partition coefficient (Wildman–Crippen LogP) is 4.61. The molecule has 0 saturated carbocycles. The summed E-state index contributed by atoms with van der Waals surface area (Å²) in [6.07, 6.45) is 4.30. The van der Waals surface area contributed by atoms with E-state index in [0.717, 1.165) is 5.56 Å². The van der Waals surface area contributed by atoms with E-state index in [0.29, 0.717) is 18.4 Å². The van der Waals surface area contributed by atoms with Crippen LogP contribution in [0.2, 0.25) is 0 Å². The quantitative estimate of drug-likeness (QED) is 0.624. The van der Waals surface area contributed by atoms with E-state index in [1.807, 2.05) is 0 Å². The van der Waals surface area contributed by atoms with Gasteiger partial charge in [0.1, 0.15) is 0 Å². The largest absolute Gasteiger partial charge is 0.504 e. The van der Waals surface area contributed by atoms with Crippen molar-refractivity contribution < 1.29 is 15.0 Å².